The number of urea groups is 1. The van der Waals surface area contributed by atoms with E-state index in [1.54, 1.807) is 14.2 Å². The maximum atomic E-state index is 12.0. The summed E-state index contributed by atoms with van der Waals surface area (Å²) < 4.78 is 4.91. The van der Waals surface area contributed by atoms with Crippen LogP contribution in [0.1, 0.15) is 16.8 Å². The van der Waals surface area contributed by atoms with E-state index in [2.05, 4.69) is 5.32 Å². The lowest BCUT2D eigenvalue weighted by atomic mass is 10.2. The highest BCUT2D eigenvalue weighted by Crippen LogP contribution is 2.32. The topological polar surface area (TPSA) is 78.9 Å². The summed E-state index contributed by atoms with van der Waals surface area (Å²) in [5.41, 5.74) is 0.142. The Balaban J connectivity index is 2.78. The van der Waals surface area contributed by atoms with Crippen LogP contribution in [0.25, 0.3) is 0 Å². The normalized spacial score (nSPS) is 10.3. The molecule has 2 N–H and O–H groups in total. The van der Waals surface area contributed by atoms with Crippen LogP contribution in [0, 0.1) is 0 Å². The van der Waals surface area contributed by atoms with Crippen molar-refractivity contribution < 1.29 is 19.4 Å². The number of halogens is 2. The Morgan fingerprint density at radius 2 is 1.90 bits per heavy atom. The Morgan fingerprint density at radius 3 is 2.38 bits per heavy atom. The average Bonchev–Trinajstić information content (AvgIpc) is 2.42. The number of hydrogen-bond donors (Lipinski definition) is 2. The highest BCUT2D eigenvalue weighted by Gasteiger charge is 2.16. The fourth-order valence-electron chi connectivity index (χ4n) is 1.57. The number of anilines is 1. The lowest BCUT2D eigenvalue weighted by Gasteiger charge is -2.19. The van der Waals surface area contributed by atoms with E-state index in [4.69, 9.17) is 33.0 Å². The minimum Gasteiger partial charge on any atom is -0.478 e. The molecule has 0 radical (unpaired) electrons. The van der Waals surface area contributed by atoms with Crippen molar-refractivity contribution in [1.82, 2.24) is 4.90 Å². The zero-order valence-electron chi connectivity index (χ0n) is 11.7. The van der Waals surface area contributed by atoms with Gasteiger partial charge in [-0.25, -0.2) is 9.59 Å². The summed E-state index contributed by atoms with van der Waals surface area (Å²) in [5, 5.41) is 11.6. The van der Waals surface area contributed by atoms with Gasteiger partial charge in [0.25, 0.3) is 0 Å². The number of aromatic carboxylic acids is 1. The fraction of sp³-hybridized carbons (Fsp3) is 0.385. The van der Waals surface area contributed by atoms with Crippen LogP contribution in [0.4, 0.5) is 10.5 Å². The van der Waals surface area contributed by atoms with Crippen LogP contribution in [0.2, 0.25) is 10.0 Å². The molecular weight excluding hydrogens is 319 g/mol. The van der Waals surface area contributed by atoms with Crippen LogP contribution in [0.5, 0.6) is 0 Å². The van der Waals surface area contributed by atoms with Gasteiger partial charge in [0.05, 0.1) is 21.3 Å². The first-order chi connectivity index (χ1) is 9.86. The summed E-state index contributed by atoms with van der Waals surface area (Å²) in [4.78, 5) is 24.3. The number of nitrogens with one attached hydrogen (secondary N) is 1. The van der Waals surface area contributed by atoms with Crippen molar-refractivity contribution in [3.05, 3.63) is 27.7 Å². The van der Waals surface area contributed by atoms with E-state index in [9.17, 15) is 9.59 Å². The minimum absolute atomic E-state index is 0.0450. The minimum atomic E-state index is -1.15. The molecule has 0 aromatic heterocycles. The Bertz CT molecular complexity index is 514. The van der Waals surface area contributed by atoms with Gasteiger partial charge in [0.2, 0.25) is 0 Å². The van der Waals surface area contributed by atoms with Crippen molar-refractivity contribution >= 4 is 40.9 Å². The Labute approximate surface area is 132 Å². The molecule has 0 heterocycles. The first-order valence-electron chi connectivity index (χ1n) is 6.10. The second-order valence-electron chi connectivity index (χ2n) is 4.32. The molecule has 6 nitrogen and oxygen atoms in total. The maximum absolute atomic E-state index is 12.0. The second kappa shape index (κ2) is 8.07. The highest BCUT2D eigenvalue weighted by molar-refractivity contribution is 6.40. The molecular formula is C13H16Cl2N2O4. The van der Waals surface area contributed by atoms with Crippen molar-refractivity contribution in [2.45, 2.75) is 6.42 Å². The summed E-state index contributed by atoms with van der Waals surface area (Å²) in [6.07, 6.45) is 0.694. The van der Waals surface area contributed by atoms with Crippen molar-refractivity contribution in [3.63, 3.8) is 0 Å². The summed E-state index contributed by atoms with van der Waals surface area (Å²) in [5.74, 6) is -1.15. The second-order valence-corrected chi connectivity index (χ2v) is 5.13. The van der Waals surface area contributed by atoms with Crippen LogP contribution in [0.15, 0.2) is 12.1 Å². The number of carboxylic acids is 1. The Morgan fingerprint density at radius 1 is 1.33 bits per heavy atom. The van der Waals surface area contributed by atoms with Gasteiger partial charge in [0, 0.05) is 27.3 Å². The van der Waals surface area contributed by atoms with Crippen molar-refractivity contribution in [3.8, 4) is 0 Å². The van der Waals surface area contributed by atoms with Gasteiger partial charge in [-0.05, 0) is 18.6 Å². The van der Waals surface area contributed by atoms with Gasteiger partial charge < -0.3 is 20.1 Å². The molecule has 1 aromatic carbocycles. The van der Waals surface area contributed by atoms with Crippen molar-refractivity contribution in [1.29, 1.82) is 0 Å². The molecule has 0 fully saturated rings. The molecule has 0 bridgehead atoms. The van der Waals surface area contributed by atoms with E-state index in [0.29, 0.717) is 19.6 Å². The van der Waals surface area contributed by atoms with Crippen LogP contribution in [0.3, 0.4) is 0 Å². The third kappa shape index (κ3) is 5.08. The molecule has 0 aliphatic rings. The van der Waals surface area contributed by atoms with Gasteiger partial charge in [-0.2, -0.15) is 0 Å². The van der Waals surface area contributed by atoms with Gasteiger partial charge in [-0.1, -0.05) is 23.2 Å². The smallest absolute Gasteiger partial charge is 0.335 e. The predicted octanol–water partition coefficient (Wildman–Crippen LogP) is 3.19. The number of carbonyl (C=O) groups excluding carboxylic acids is 1. The highest BCUT2D eigenvalue weighted by atomic mass is 35.5. The fourth-order valence-corrected chi connectivity index (χ4v) is 2.15. The Hall–Kier alpha value is -1.50. The quantitative estimate of drug-likeness (QED) is 0.783. The van der Waals surface area contributed by atoms with Gasteiger partial charge in [-0.3, -0.25) is 0 Å². The van der Waals surface area contributed by atoms with Gasteiger partial charge in [0.1, 0.15) is 0 Å². The van der Waals surface area contributed by atoms with E-state index < -0.39 is 12.0 Å². The molecule has 1 rings (SSSR count). The predicted molar refractivity (Wildman–Crippen MR) is 81.6 cm³/mol. The van der Waals surface area contributed by atoms with Crippen molar-refractivity contribution in [2.75, 3.05) is 32.6 Å². The first kappa shape index (κ1) is 17.6. The van der Waals surface area contributed by atoms with Crippen molar-refractivity contribution in [2.24, 2.45) is 0 Å². The van der Waals surface area contributed by atoms with E-state index in [0.717, 1.165) is 0 Å². The summed E-state index contributed by atoms with van der Waals surface area (Å²) in [6.45, 7) is 1.05. The molecule has 0 spiro atoms. The van der Waals surface area contributed by atoms with E-state index >= 15 is 0 Å². The van der Waals surface area contributed by atoms with Gasteiger partial charge in [0.15, 0.2) is 0 Å². The lowest BCUT2D eigenvalue weighted by molar-refractivity contribution is 0.0697. The standard InChI is InChI=1S/C13H16Cl2N2O4/c1-17(4-3-5-21-2)13(20)16-11-9(14)6-8(12(18)19)7-10(11)15/h6-7H,3-5H2,1-2H3,(H,16,20)(H,18,19). The number of hydrogen-bond acceptors (Lipinski definition) is 3. The largest absolute Gasteiger partial charge is 0.478 e. The Kier molecular flexibility index (Phi) is 6.74. The number of carboxylic acid groups (broad SMARTS) is 1. The molecule has 116 valence electrons. The molecule has 2 amide bonds. The van der Waals surface area contributed by atoms with Gasteiger partial charge >= 0.3 is 12.0 Å². The zero-order valence-corrected chi connectivity index (χ0v) is 13.2. The molecule has 0 atom stereocenters. The first-order valence-corrected chi connectivity index (χ1v) is 6.85. The summed E-state index contributed by atoms with van der Waals surface area (Å²) in [7, 11) is 3.21. The molecule has 0 saturated heterocycles. The number of benzene rings is 1. The maximum Gasteiger partial charge on any atom is 0.335 e. The van der Waals surface area contributed by atoms with Crippen LogP contribution in [-0.4, -0.2) is 49.3 Å². The molecule has 8 heteroatoms. The number of nitrogens with zero attached hydrogens (tertiary/aromatic N) is 1. The molecule has 0 unspecified atom stereocenters. The number of carbonyl (C=O) groups is 2. The summed E-state index contributed by atoms with van der Waals surface area (Å²) in [6, 6.07) is 2.07. The van der Waals surface area contributed by atoms with E-state index in [1.165, 1.54) is 17.0 Å². The number of rotatable bonds is 6. The number of amides is 2. The van der Waals surface area contributed by atoms with E-state index in [1.807, 2.05) is 0 Å². The van der Waals surface area contributed by atoms with Crippen LogP contribution < -0.4 is 5.32 Å². The molecule has 0 aliphatic carbocycles. The zero-order chi connectivity index (χ0) is 16.0. The third-order valence-corrected chi connectivity index (χ3v) is 3.31. The van der Waals surface area contributed by atoms with Gasteiger partial charge in [-0.15, -0.1) is 0 Å². The summed E-state index contributed by atoms with van der Waals surface area (Å²) >= 11 is 11.9. The lowest BCUT2D eigenvalue weighted by Crippen LogP contribution is -2.32. The average molecular weight is 335 g/mol. The van der Waals surface area contributed by atoms with Crippen LogP contribution >= 0.6 is 23.2 Å². The van der Waals surface area contributed by atoms with E-state index in [-0.39, 0.29) is 21.3 Å². The molecule has 1 aromatic rings. The monoisotopic (exact) mass is 334 g/mol. The molecule has 0 aliphatic heterocycles. The number of ether oxygens (including phenoxy) is 1. The molecule has 0 saturated carbocycles. The molecule has 21 heavy (non-hydrogen) atoms. The SMILES string of the molecule is COCCCN(C)C(=O)Nc1c(Cl)cc(C(=O)O)cc1Cl. The third-order valence-electron chi connectivity index (χ3n) is 2.71. The number of methoxy groups -OCH3 is 1. The van der Waals surface area contributed by atoms with Crippen LogP contribution in [-0.2, 0) is 4.74 Å².